The summed E-state index contributed by atoms with van der Waals surface area (Å²) in [6.07, 6.45) is 0.845. The van der Waals surface area contributed by atoms with E-state index in [1.165, 1.54) is 5.56 Å². The summed E-state index contributed by atoms with van der Waals surface area (Å²) in [6.45, 7) is 0.801. The summed E-state index contributed by atoms with van der Waals surface area (Å²) in [6, 6.07) is 25.6. The lowest BCUT2D eigenvalue weighted by molar-refractivity contribution is -0.114. The van der Waals surface area contributed by atoms with Crippen LogP contribution in [0.1, 0.15) is 5.56 Å². The molecule has 3 aromatic carbocycles. The zero-order valence-corrected chi connectivity index (χ0v) is 17.0. The molecule has 0 aromatic heterocycles. The number of anilines is 2. The zero-order valence-electron chi connectivity index (χ0n) is 14.8. The average molecular weight is 472 g/mol. The lowest BCUT2D eigenvalue weighted by atomic mass is 10.2. The molecule has 1 amide bonds. The first-order valence-electron chi connectivity index (χ1n) is 8.75. The molecular formula is C22H21IN2O2. The van der Waals surface area contributed by atoms with Gasteiger partial charge in [-0.3, -0.25) is 4.79 Å². The van der Waals surface area contributed by atoms with Gasteiger partial charge in [0, 0.05) is 27.4 Å². The first-order valence-corrected chi connectivity index (χ1v) is 9.83. The van der Waals surface area contributed by atoms with Gasteiger partial charge in [-0.2, -0.15) is 0 Å². The van der Waals surface area contributed by atoms with Gasteiger partial charge in [-0.05, 0) is 64.6 Å². The number of carbonyl (C=O) groups is 1. The van der Waals surface area contributed by atoms with Crippen molar-refractivity contribution in [3.63, 3.8) is 0 Å². The Bertz CT molecular complexity index is 867. The molecule has 4 nitrogen and oxygen atoms in total. The maximum absolute atomic E-state index is 12.1. The molecule has 0 saturated heterocycles. The number of halogens is 1. The van der Waals surface area contributed by atoms with Crippen molar-refractivity contribution in [3.05, 3.63) is 88.0 Å². The van der Waals surface area contributed by atoms with Crippen LogP contribution in [0.2, 0.25) is 0 Å². The zero-order chi connectivity index (χ0) is 18.9. The monoisotopic (exact) mass is 472 g/mol. The van der Waals surface area contributed by atoms with Crippen molar-refractivity contribution in [1.82, 2.24) is 0 Å². The number of hydrogen-bond acceptors (Lipinski definition) is 3. The summed E-state index contributed by atoms with van der Waals surface area (Å²) in [5.74, 6) is 0.643. The smallest absolute Gasteiger partial charge is 0.243 e. The fourth-order valence-electron chi connectivity index (χ4n) is 2.55. The van der Waals surface area contributed by atoms with Gasteiger partial charge in [-0.25, -0.2) is 0 Å². The molecule has 3 rings (SSSR count). The van der Waals surface area contributed by atoms with Gasteiger partial charge in [0.05, 0.1) is 13.2 Å². The van der Waals surface area contributed by atoms with Crippen LogP contribution in [0.15, 0.2) is 78.9 Å². The molecule has 0 heterocycles. The summed E-state index contributed by atoms with van der Waals surface area (Å²) >= 11 is 2.25. The van der Waals surface area contributed by atoms with Gasteiger partial charge in [0.15, 0.2) is 0 Å². The number of nitrogens with one attached hydrogen (secondary N) is 2. The van der Waals surface area contributed by atoms with Gasteiger partial charge in [0.2, 0.25) is 5.91 Å². The lowest BCUT2D eigenvalue weighted by Gasteiger charge is -2.10. The molecule has 5 heteroatoms. The third kappa shape index (κ3) is 6.60. The van der Waals surface area contributed by atoms with Gasteiger partial charge in [0.1, 0.15) is 5.75 Å². The van der Waals surface area contributed by atoms with Gasteiger partial charge < -0.3 is 15.4 Å². The van der Waals surface area contributed by atoms with E-state index in [0.29, 0.717) is 6.61 Å². The highest BCUT2D eigenvalue weighted by Crippen LogP contribution is 2.18. The van der Waals surface area contributed by atoms with Crippen molar-refractivity contribution >= 4 is 39.9 Å². The van der Waals surface area contributed by atoms with Crippen molar-refractivity contribution < 1.29 is 9.53 Å². The molecular weight excluding hydrogens is 451 g/mol. The second-order valence-electron chi connectivity index (χ2n) is 6.02. The van der Waals surface area contributed by atoms with Gasteiger partial charge in [-0.15, -0.1) is 0 Å². The van der Waals surface area contributed by atoms with E-state index in [2.05, 4.69) is 45.4 Å². The van der Waals surface area contributed by atoms with Crippen molar-refractivity contribution in [2.24, 2.45) is 0 Å². The Morgan fingerprint density at radius 3 is 2.44 bits per heavy atom. The molecule has 0 radical (unpaired) electrons. The second kappa shape index (κ2) is 9.97. The van der Waals surface area contributed by atoms with Crippen LogP contribution in [0, 0.1) is 3.57 Å². The normalized spacial score (nSPS) is 10.3. The van der Waals surface area contributed by atoms with Crippen LogP contribution in [-0.4, -0.2) is 19.1 Å². The van der Waals surface area contributed by atoms with E-state index in [9.17, 15) is 4.79 Å². The number of ether oxygens (including phenoxy) is 1. The largest absolute Gasteiger partial charge is 0.493 e. The van der Waals surface area contributed by atoms with E-state index in [-0.39, 0.29) is 12.5 Å². The number of amides is 1. The van der Waals surface area contributed by atoms with Crippen LogP contribution in [-0.2, 0) is 11.2 Å². The average Bonchev–Trinajstić information content (AvgIpc) is 2.69. The number of benzene rings is 3. The van der Waals surface area contributed by atoms with E-state index < -0.39 is 0 Å². The molecule has 138 valence electrons. The summed E-state index contributed by atoms with van der Waals surface area (Å²) in [5.41, 5.74) is 2.88. The molecule has 0 bridgehead atoms. The molecule has 0 fully saturated rings. The maximum Gasteiger partial charge on any atom is 0.243 e. The SMILES string of the molecule is O=C(CNc1ccc(I)cc1)Nc1cccc(OCCc2ccccc2)c1. The van der Waals surface area contributed by atoms with Crippen LogP contribution in [0.5, 0.6) is 5.75 Å². The highest BCUT2D eigenvalue weighted by atomic mass is 127. The molecule has 2 N–H and O–H groups in total. The Balaban J connectivity index is 1.46. The predicted octanol–water partition coefficient (Wildman–Crippen LogP) is 4.96. The molecule has 0 atom stereocenters. The minimum Gasteiger partial charge on any atom is -0.493 e. The first kappa shape index (κ1) is 19.2. The Morgan fingerprint density at radius 1 is 0.889 bits per heavy atom. The number of carbonyl (C=O) groups excluding carboxylic acids is 1. The van der Waals surface area contributed by atoms with E-state index >= 15 is 0 Å². The third-order valence-corrected chi connectivity index (χ3v) is 4.64. The number of hydrogen-bond donors (Lipinski definition) is 2. The molecule has 0 aliphatic rings. The van der Waals surface area contributed by atoms with Crippen molar-refractivity contribution in [3.8, 4) is 5.75 Å². The highest BCUT2D eigenvalue weighted by Gasteiger charge is 2.04. The quantitative estimate of drug-likeness (QED) is 0.456. The summed E-state index contributed by atoms with van der Waals surface area (Å²) in [4.78, 5) is 12.1. The van der Waals surface area contributed by atoms with Gasteiger partial charge in [0.25, 0.3) is 0 Å². The Labute approximate surface area is 173 Å². The van der Waals surface area contributed by atoms with Crippen molar-refractivity contribution in [2.75, 3.05) is 23.8 Å². The molecule has 0 saturated carbocycles. The van der Waals surface area contributed by atoms with Crippen LogP contribution < -0.4 is 15.4 Å². The standard InChI is InChI=1S/C22H21IN2O2/c23-18-9-11-19(12-10-18)24-16-22(26)25-20-7-4-8-21(15-20)27-14-13-17-5-2-1-3-6-17/h1-12,15,24H,13-14,16H2,(H,25,26). The molecule has 0 spiro atoms. The molecule has 0 unspecified atom stereocenters. The molecule has 0 aliphatic carbocycles. The highest BCUT2D eigenvalue weighted by molar-refractivity contribution is 14.1. The number of rotatable bonds is 8. The fourth-order valence-corrected chi connectivity index (χ4v) is 2.91. The third-order valence-electron chi connectivity index (χ3n) is 3.92. The Kier molecular flexibility index (Phi) is 7.10. The van der Waals surface area contributed by atoms with Crippen LogP contribution in [0.3, 0.4) is 0 Å². The van der Waals surface area contributed by atoms with E-state index in [0.717, 1.165) is 27.1 Å². The van der Waals surface area contributed by atoms with E-state index in [1.807, 2.05) is 66.7 Å². The van der Waals surface area contributed by atoms with Crippen molar-refractivity contribution in [2.45, 2.75) is 6.42 Å². The van der Waals surface area contributed by atoms with Crippen LogP contribution in [0.4, 0.5) is 11.4 Å². The maximum atomic E-state index is 12.1. The van der Waals surface area contributed by atoms with E-state index in [1.54, 1.807) is 0 Å². The summed E-state index contributed by atoms with van der Waals surface area (Å²) in [5, 5.41) is 6.00. The topological polar surface area (TPSA) is 50.4 Å². The van der Waals surface area contributed by atoms with E-state index in [4.69, 9.17) is 4.74 Å². The van der Waals surface area contributed by atoms with Gasteiger partial charge >= 0.3 is 0 Å². The van der Waals surface area contributed by atoms with Crippen molar-refractivity contribution in [1.29, 1.82) is 0 Å². The molecule has 0 aliphatic heterocycles. The van der Waals surface area contributed by atoms with Crippen LogP contribution >= 0.6 is 22.6 Å². The van der Waals surface area contributed by atoms with Gasteiger partial charge in [-0.1, -0.05) is 36.4 Å². The minimum atomic E-state index is -0.102. The molecule has 27 heavy (non-hydrogen) atoms. The Morgan fingerprint density at radius 2 is 1.67 bits per heavy atom. The lowest BCUT2D eigenvalue weighted by Crippen LogP contribution is -2.21. The Hall–Kier alpha value is -2.54. The first-order chi connectivity index (χ1) is 13.2. The fraction of sp³-hybridized carbons (Fsp3) is 0.136. The van der Waals surface area contributed by atoms with Crippen LogP contribution in [0.25, 0.3) is 0 Å². The molecule has 3 aromatic rings. The minimum absolute atomic E-state index is 0.102. The predicted molar refractivity (Wildman–Crippen MR) is 118 cm³/mol. The second-order valence-corrected chi connectivity index (χ2v) is 7.27. The summed E-state index contributed by atoms with van der Waals surface area (Å²) < 4.78 is 6.96. The summed E-state index contributed by atoms with van der Waals surface area (Å²) in [7, 11) is 0.